The molecule has 2 aromatic heterocycles. The molecule has 6 nitrogen and oxygen atoms in total. The fourth-order valence-corrected chi connectivity index (χ4v) is 4.61. The molecular weight excluding hydrogens is 386 g/mol. The Morgan fingerprint density at radius 2 is 1.90 bits per heavy atom. The van der Waals surface area contributed by atoms with Gasteiger partial charge in [0, 0.05) is 10.4 Å². The average molecular weight is 406 g/mol. The summed E-state index contributed by atoms with van der Waals surface area (Å²) in [4.78, 5) is 23.3. The van der Waals surface area contributed by atoms with E-state index in [4.69, 9.17) is 14.5 Å². The Hall–Kier alpha value is -3.16. The normalized spacial score (nSPS) is 13.7. The van der Waals surface area contributed by atoms with E-state index in [1.807, 2.05) is 54.6 Å². The summed E-state index contributed by atoms with van der Waals surface area (Å²) in [5.74, 6) is 2.27. The highest BCUT2D eigenvalue weighted by molar-refractivity contribution is 7.21. The molecule has 1 aliphatic rings. The summed E-state index contributed by atoms with van der Waals surface area (Å²) < 4.78 is 10.8. The summed E-state index contributed by atoms with van der Waals surface area (Å²) in [6.07, 6.45) is 0. The Labute approximate surface area is 171 Å². The third-order valence-corrected chi connectivity index (χ3v) is 6.00. The van der Waals surface area contributed by atoms with Gasteiger partial charge in [0.25, 0.3) is 5.56 Å². The smallest absolute Gasteiger partial charge is 0.259 e. The average Bonchev–Trinajstić information content (AvgIpc) is 3.35. The quantitative estimate of drug-likeness (QED) is 0.535. The van der Waals surface area contributed by atoms with Gasteiger partial charge >= 0.3 is 0 Å². The molecule has 29 heavy (non-hydrogen) atoms. The molecule has 1 atom stereocenters. The van der Waals surface area contributed by atoms with Gasteiger partial charge in [-0.2, -0.15) is 0 Å². The number of nitrogens with one attached hydrogen (secondary N) is 2. The lowest BCUT2D eigenvalue weighted by Crippen LogP contribution is -3.06. The van der Waals surface area contributed by atoms with Crippen molar-refractivity contribution in [2.45, 2.75) is 13.1 Å². The van der Waals surface area contributed by atoms with Crippen LogP contribution in [-0.2, 0) is 13.1 Å². The minimum absolute atomic E-state index is 0.0840. The van der Waals surface area contributed by atoms with Gasteiger partial charge in [-0.3, -0.25) is 4.79 Å². The number of H-pyrrole nitrogens is 1. The molecule has 2 N–H and O–H groups in total. The fourth-order valence-electron chi connectivity index (χ4n) is 3.55. The van der Waals surface area contributed by atoms with Gasteiger partial charge in [0.05, 0.1) is 12.4 Å². The maximum Gasteiger partial charge on any atom is 0.259 e. The molecule has 0 fully saturated rings. The molecule has 3 heterocycles. The number of nitrogens with zero attached hydrogens (tertiary/aromatic N) is 1. The van der Waals surface area contributed by atoms with Gasteiger partial charge in [-0.1, -0.05) is 30.3 Å². The first-order valence-corrected chi connectivity index (χ1v) is 10.3. The van der Waals surface area contributed by atoms with Crippen molar-refractivity contribution in [1.82, 2.24) is 9.97 Å². The number of thiophene rings is 1. The number of ether oxygens (including phenoxy) is 2. The molecule has 4 aromatic rings. The number of hydrogen-bond acceptors (Lipinski definition) is 5. The summed E-state index contributed by atoms with van der Waals surface area (Å²) in [5.41, 5.74) is 2.17. The van der Waals surface area contributed by atoms with E-state index in [9.17, 15) is 4.79 Å². The van der Waals surface area contributed by atoms with E-state index in [2.05, 4.69) is 12.0 Å². The fraction of sp³-hybridized carbons (Fsp3) is 0.182. The molecule has 0 spiro atoms. The Morgan fingerprint density at radius 1 is 1.07 bits per heavy atom. The first-order chi connectivity index (χ1) is 14.2. The lowest BCUT2D eigenvalue weighted by Gasteiger charge is -2.13. The second-order valence-electron chi connectivity index (χ2n) is 7.21. The molecule has 146 valence electrons. The van der Waals surface area contributed by atoms with Crippen LogP contribution in [0.2, 0.25) is 0 Å². The molecule has 7 heteroatoms. The zero-order valence-corrected chi connectivity index (χ0v) is 16.7. The third kappa shape index (κ3) is 3.62. The summed E-state index contributed by atoms with van der Waals surface area (Å²) in [5, 5.41) is 0.644. The summed E-state index contributed by atoms with van der Waals surface area (Å²) in [6, 6.07) is 18.0. The van der Waals surface area contributed by atoms with Gasteiger partial charge in [0.15, 0.2) is 17.3 Å². The Morgan fingerprint density at radius 3 is 2.76 bits per heavy atom. The van der Waals surface area contributed by atoms with E-state index < -0.39 is 0 Å². The summed E-state index contributed by atoms with van der Waals surface area (Å²) in [6.45, 7) is 1.69. The number of aromatic amines is 1. The monoisotopic (exact) mass is 406 g/mol. The molecule has 2 aromatic carbocycles. The maximum atomic E-state index is 12.6. The lowest BCUT2D eigenvalue weighted by molar-refractivity contribution is -0.908. The molecule has 0 amide bonds. The second-order valence-corrected chi connectivity index (χ2v) is 8.24. The number of rotatable bonds is 5. The van der Waals surface area contributed by atoms with Gasteiger partial charge in [-0.25, -0.2) is 4.98 Å². The SMILES string of the molecule is C[NH+](Cc1ccc2c(c1)OCO2)Cc1nc2sc(-c3ccccc3)cc2c(=O)[nH]1. The van der Waals surface area contributed by atoms with Crippen molar-refractivity contribution in [2.24, 2.45) is 0 Å². The van der Waals surface area contributed by atoms with Crippen molar-refractivity contribution >= 4 is 21.6 Å². The van der Waals surface area contributed by atoms with Crippen LogP contribution >= 0.6 is 11.3 Å². The van der Waals surface area contributed by atoms with Crippen molar-refractivity contribution in [3.63, 3.8) is 0 Å². The predicted octanol–water partition coefficient (Wildman–Crippen LogP) is 2.60. The highest BCUT2D eigenvalue weighted by atomic mass is 32.1. The van der Waals surface area contributed by atoms with Crippen LogP contribution < -0.4 is 19.9 Å². The Balaban J connectivity index is 1.36. The molecule has 0 saturated heterocycles. The Kier molecular flexibility index (Phi) is 4.54. The van der Waals surface area contributed by atoms with Crippen LogP contribution in [0.4, 0.5) is 0 Å². The highest BCUT2D eigenvalue weighted by Crippen LogP contribution is 2.32. The summed E-state index contributed by atoms with van der Waals surface area (Å²) in [7, 11) is 2.08. The van der Waals surface area contributed by atoms with Crippen molar-refractivity contribution in [3.05, 3.63) is 76.3 Å². The largest absolute Gasteiger partial charge is 0.454 e. The molecule has 5 rings (SSSR count). The van der Waals surface area contributed by atoms with Gasteiger partial charge in [-0.05, 0) is 29.8 Å². The number of quaternary nitrogens is 1. The van der Waals surface area contributed by atoms with E-state index in [1.54, 1.807) is 11.3 Å². The first-order valence-electron chi connectivity index (χ1n) is 9.44. The predicted molar refractivity (Wildman–Crippen MR) is 113 cm³/mol. The van der Waals surface area contributed by atoms with Gasteiger partial charge in [-0.15, -0.1) is 11.3 Å². The molecule has 0 radical (unpaired) electrons. The third-order valence-electron chi connectivity index (χ3n) is 4.92. The van der Waals surface area contributed by atoms with Crippen molar-refractivity contribution in [2.75, 3.05) is 13.8 Å². The maximum absolute atomic E-state index is 12.6. The van der Waals surface area contributed by atoms with Gasteiger partial charge in [0.2, 0.25) is 6.79 Å². The Bertz CT molecular complexity index is 1230. The minimum atomic E-state index is -0.0840. The number of fused-ring (bicyclic) bond motifs is 2. The highest BCUT2D eigenvalue weighted by Gasteiger charge is 2.16. The van der Waals surface area contributed by atoms with Crippen molar-refractivity contribution < 1.29 is 14.4 Å². The van der Waals surface area contributed by atoms with E-state index in [0.717, 1.165) is 38.9 Å². The van der Waals surface area contributed by atoms with Crippen LogP contribution in [-0.4, -0.2) is 23.8 Å². The van der Waals surface area contributed by atoms with Crippen LogP contribution in [0.1, 0.15) is 11.4 Å². The second kappa shape index (κ2) is 7.35. The van der Waals surface area contributed by atoms with Crippen molar-refractivity contribution in [1.29, 1.82) is 0 Å². The van der Waals surface area contributed by atoms with Crippen LogP contribution in [0.5, 0.6) is 11.5 Å². The molecule has 0 bridgehead atoms. The molecule has 1 unspecified atom stereocenters. The number of hydrogen-bond donors (Lipinski definition) is 2. The van der Waals surface area contributed by atoms with Crippen molar-refractivity contribution in [3.8, 4) is 21.9 Å². The topological polar surface area (TPSA) is 68.7 Å². The van der Waals surface area contributed by atoms with Crippen LogP contribution in [0.25, 0.3) is 20.7 Å². The van der Waals surface area contributed by atoms with Crippen LogP contribution in [0, 0.1) is 0 Å². The summed E-state index contributed by atoms with van der Waals surface area (Å²) >= 11 is 1.55. The van der Waals surface area contributed by atoms with Crippen LogP contribution in [0.15, 0.2) is 59.4 Å². The van der Waals surface area contributed by atoms with Crippen LogP contribution in [0.3, 0.4) is 0 Å². The number of aromatic nitrogens is 2. The minimum Gasteiger partial charge on any atom is -0.454 e. The standard InChI is InChI=1S/C22H19N3O3S/c1-25(11-14-7-8-17-18(9-14)28-13-27-17)12-20-23-21(26)16-10-19(29-22(16)24-20)15-5-3-2-4-6-15/h2-10H,11-13H2,1H3,(H,23,24,26)/p+1. The molecule has 0 aliphatic carbocycles. The van der Waals surface area contributed by atoms with E-state index in [1.165, 1.54) is 4.90 Å². The zero-order chi connectivity index (χ0) is 19.8. The lowest BCUT2D eigenvalue weighted by atomic mass is 10.2. The van der Waals surface area contributed by atoms with E-state index in [-0.39, 0.29) is 12.4 Å². The zero-order valence-electron chi connectivity index (χ0n) is 15.9. The number of benzene rings is 2. The van der Waals surface area contributed by atoms with Gasteiger partial charge in [0.1, 0.15) is 17.9 Å². The molecular formula is C22H20N3O3S+. The molecule has 0 saturated carbocycles. The molecule has 1 aliphatic heterocycles. The van der Waals surface area contributed by atoms with E-state index >= 15 is 0 Å². The van der Waals surface area contributed by atoms with E-state index in [0.29, 0.717) is 17.8 Å². The van der Waals surface area contributed by atoms with Gasteiger partial charge < -0.3 is 19.4 Å². The first kappa shape index (κ1) is 17.9.